The molecule has 24 heavy (non-hydrogen) atoms. The second-order valence-electron chi connectivity index (χ2n) is 5.22. The van der Waals surface area contributed by atoms with Gasteiger partial charge in [0.05, 0.1) is 12.2 Å². The number of ether oxygens (including phenoxy) is 3. The number of anilines is 1. The second kappa shape index (κ2) is 7.65. The summed E-state index contributed by atoms with van der Waals surface area (Å²) in [6, 6.07) is 9.31. The monoisotopic (exact) mass is 329 g/mol. The molecule has 2 heterocycles. The number of methoxy groups -OCH3 is 1. The minimum absolute atomic E-state index is 0.165. The number of hydrogen-bond acceptors (Lipinski definition) is 6. The minimum atomic E-state index is -0.165. The number of nitrogens with zero attached hydrogens (tertiary/aromatic N) is 1. The van der Waals surface area contributed by atoms with Crippen LogP contribution < -0.4 is 20.1 Å². The van der Waals surface area contributed by atoms with Crippen LogP contribution in [0.4, 0.5) is 5.82 Å². The number of amides is 1. The average molecular weight is 329 g/mol. The third-order valence-corrected chi connectivity index (χ3v) is 3.53. The van der Waals surface area contributed by atoms with Crippen LogP contribution in [0.3, 0.4) is 0 Å². The summed E-state index contributed by atoms with van der Waals surface area (Å²) in [5.41, 5.74) is 1.57. The summed E-state index contributed by atoms with van der Waals surface area (Å²) < 4.78 is 15.5. The fraction of sp³-hybridized carbons (Fsp3) is 0.294. The lowest BCUT2D eigenvalue weighted by Crippen LogP contribution is -2.27. The maximum Gasteiger partial charge on any atom is 0.252 e. The first-order valence-corrected chi connectivity index (χ1v) is 7.62. The Labute approximate surface area is 139 Å². The van der Waals surface area contributed by atoms with Gasteiger partial charge in [0, 0.05) is 26.4 Å². The smallest absolute Gasteiger partial charge is 0.252 e. The van der Waals surface area contributed by atoms with Crippen LogP contribution in [0.5, 0.6) is 11.5 Å². The molecule has 1 aliphatic heterocycles. The maximum atomic E-state index is 11.9. The number of pyridine rings is 1. The molecule has 7 heteroatoms. The normalized spacial score (nSPS) is 12.0. The quantitative estimate of drug-likeness (QED) is 0.754. The van der Waals surface area contributed by atoms with E-state index in [1.807, 2.05) is 18.2 Å². The van der Waals surface area contributed by atoms with Gasteiger partial charge in [0.15, 0.2) is 11.5 Å². The molecular formula is C17H19N3O4. The van der Waals surface area contributed by atoms with Crippen LogP contribution in [0.25, 0.3) is 0 Å². The van der Waals surface area contributed by atoms with E-state index in [9.17, 15) is 4.79 Å². The van der Waals surface area contributed by atoms with E-state index in [0.717, 1.165) is 17.1 Å². The standard InChI is InChI=1S/C17H19N3O4/c1-22-7-6-18-17(21)13-3-5-16(20-10-13)19-9-12-2-4-14-15(8-12)24-11-23-14/h2-5,8,10H,6-7,9,11H2,1H3,(H,18,21)(H,19,20). The lowest BCUT2D eigenvalue weighted by Gasteiger charge is -2.08. The highest BCUT2D eigenvalue weighted by molar-refractivity contribution is 5.94. The van der Waals surface area contributed by atoms with E-state index in [-0.39, 0.29) is 12.7 Å². The van der Waals surface area contributed by atoms with Crippen LogP contribution in [0.1, 0.15) is 15.9 Å². The molecule has 0 saturated heterocycles. The van der Waals surface area contributed by atoms with Crippen molar-refractivity contribution in [1.29, 1.82) is 0 Å². The van der Waals surface area contributed by atoms with Crippen molar-refractivity contribution >= 4 is 11.7 Å². The number of carbonyl (C=O) groups excluding carboxylic acids is 1. The first-order valence-electron chi connectivity index (χ1n) is 7.62. The molecule has 0 unspecified atom stereocenters. The molecule has 2 aromatic rings. The largest absolute Gasteiger partial charge is 0.454 e. The molecule has 0 saturated carbocycles. The van der Waals surface area contributed by atoms with Gasteiger partial charge < -0.3 is 24.8 Å². The topological polar surface area (TPSA) is 81.7 Å². The molecule has 1 aromatic heterocycles. The number of hydrogen-bond donors (Lipinski definition) is 2. The van der Waals surface area contributed by atoms with E-state index in [1.54, 1.807) is 25.4 Å². The average Bonchev–Trinajstić information content (AvgIpc) is 3.08. The Kier molecular flexibility index (Phi) is 5.12. The van der Waals surface area contributed by atoms with E-state index in [4.69, 9.17) is 14.2 Å². The predicted octanol–water partition coefficient (Wildman–Crippen LogP) is 1.80. The van der Waals surface area contributed by atoms with Gasteiger partial charge in [-0.1, -0.05) is 6.07 Å². The summed E-state index contributed by atoms with van der Waals surface area (Å²) in [6.45, 7) is 1.82. The zero-order chi connectivity index (χ0) is 16.8. The third kappa shape index (κ3) is 3.94. The van der Waals surface area contributed by atoms with Crippen LogP contribution >= 0.6 is 0 Å². The summed E-state index contributed by atoms with van der Waals surface area (Å²) in [6.07, 6.45) is 1.55. The van der Waals surface area contributed by atoms with Crippen LogP contribution in [-0.2, 0) is 11.3 Å². The number of aromatic nitrogens is 1. The van der Waals surface area contributed by atoms with Crippen molar-refractivity contribution in [2.24, 2.45) is 0 Å². The first-order chi connectivity index (χ1) is 11.8. The van der Waals surface area contributed by atoms with E-state index in [2.05, 4.69) is 15.6 Å². The Morgan fingerprint density at radius 1 is 1.25 bits per heavy atom. The molecule has 126 valence electrons. The number of benzene rings is 1. The molecule has 3 rings (SSSR count). The van der Waals surface area contributed by atoms with Crippen LogP contribution in [0, 0.1) is 0 Å². The van der Waals surface area contributed by atoms with Crippen molar-refractivity contribution in [1.82, 2.24) is 10.3 Å². The number of rotatable bonds is 7. The van der Waals surface area contributed by atoms with Gasteiger partial charge in [-0.25, -0.2) is 4.98 Å². The SMILES string of the molecule is COCCNC(=O)c1ccc(NCc2ccc3c(c2)OCO3)nc1. The fourth-order valence-electron chi connectivity index (χ4n) is 2.24. The van der Waals surface area contributed by atoms with Crippen molar-refractivity contribution in [3.8, 4) is 11.5 Å². The van der Waals surface area contributed by atoms with E-state index in [1.165, 1.54) is 0 Å². The number of carbonyl (C=O) groups is 1. The Morgan fingerprint density at radius 3 is 2.92 bits per heavy atom. The molecule has 1 amide bonds. The zero-order valence-electron chi connectivity index (χ0n) is 13.4. The number of fused-ring (bicyclic) bond motifs is 1. The van der Waals surface area contributed by atoms with Gasteiger partial charge in [-0.15, -0.1) is 0 Å². The van der Waals surface area contributed by atoms with Gasteiger partial charge in [-0.3, -0.25) is 4.79 Å². The minimum Gasteiger partial charge on any atom is -0.454 e. The summed E-state index contributed by atoms with van der Waals surface area (Å²) in [5, 5.41) is 5.96. The molecule has 0 aliphatic carbocycles. The Hall–Kier alpha value is -2.80. The van der Waals surface area contributed by atoms with Crippen molar-refractivity contribution in [2.75, 3.05) is 32.4 Å². The molecule has 0 bridgehead atoms. The highest BCUT2D eigenvalue weighted by Crippen LogP contribution is 2.32. The van der Waals surface area contributed by atoms with Crippen LogP contribution in [-0.4, -0.2) is 37.9 Å². The summed E-state index contributed by atoms with van der Waals surface area (Å²) >= 11 is 0. The third-order valence-electron chi connectivity index (χ3n) is 3.53. The van der Waals surface area contributed by atoms with Gasteiger partial charge in [-0.05, 0) is 29.8 Å². The Bertz CT molecular complexity index is 703. The molecule has 0 spiro atoms. The highest BCUT2D eigenvalue weighted by atomic mass is 16.7. The lowest BCUT2D eigenvalue weighted by atomic mass is 10.2. The van der Waals surface area contributed by atoms with Gasteiger partial charge in [0.1, 0.15) is 5.82 Å². The van der Waals surface area contributed by atoms with Crippen molar-refractivity contribution < 1.29 is 19.0 Å². The molecule has 0 fully saturated rings. The molecule has 0 radical (unpaired) electrons. The van der Waals surface area contributed by atoms with Crippen molar-refractivity contribution in [3.05, 3.63) is 47.7 Å². The second-order valence-corrected chi connectivity index (χ2v) is 5.22. The zero-order valence-corrected chi connectivity index (χ0v) is 13.4. The van der Waals surface area contributed by atoms with E-state index in [0.29, 0.717) is 31.1 Å². The molecule has 1 aliphatic rings. The molecular weight excluding hydrogens is 310 g/mol. The van der Waals surface area contributed by atoms with Crippen molar-refractivity contribution in [3.63, 3.8) is 0 Å². The lowest BCUT2D eigenvalue weighted by molar-refractivity contribution is 0.0937. The maximum absolute atomic E-state index is 11.9. The van der Waals surface area contributed by atoms with Crippen molar-refractivity contribution in [2.45, 2.75) is 6.54 Å². The summed E-state index contributed by atoms with van der Waals surface area (Å²) in [7, 11) is 1.59. The molecule has 1 aromatic carbocycles. The first kappa shape index (κ1) is 16.1. The molecule has 7 nitrogen and oxygen atoms in total. The van der Waals surface area contributed by atoms with Gasteiger partial charge in [0.2, 0.25) is 6.79 Å². The van der Waals surface area contributed by atoms with Crippen LogP contribution in [0.15, 0.2) is 36.5 Å². The van der Waals surface area contributed by atoms with Gasteiger partial charge in [0.25, 0.3) is 5.91 Å². The Morgan fingerprint density at radius 2 is 2.12 bits per heavy atom. The number of nitrogens with one attached hydrogen (secondary N) is 2. The van der Waals surface area contributed by atoms with E-state index < -0.39 is 0 Å². The predicted molar refractivity (Wildman–Crippen MR) is 88.3 cm³/mol. The van der Waals surface area contributed by atoms with Gasteiger partial charge >= 0.3 is 0 Å². The summed E-state index contributed by atoms with van der Waals surface area (Å²) in [5.74, 6) is 2.05. The fourth-order valence-corrected chi connectivity index (χ4v) is 2.24. The van der Waals surface area contributed by atoms with E-state index >= 15 is 0 Å². The Balaban J connectivity index is 1.53. The van der Waals surface area contributed by atoms with Gasteiger partial charge in [-0.2, -0.15) is 0 Å². The molecule has 0 atom stereocenters. The molecule has 2 N–H and O–H groups in total. The summed E-state index contributed by atoms with van der Waals surface area (Å²) in [4.78, 5) is 16.1. The highest BCUT2D eigenvalue weighted by Gasteiger charge is 2.13. The van der Waals surface area contributed by atoms with Crippen LogP contribution in [0.2, 0.25) is 0 Å².